The molecule has 0 spiro atoms. The molecule has 2 nitrogen and oxygen atoms in total. The fraction of sp³-hybridized carbons (Fsp3) is 1.00. The van der Waals surface area contributed by atoms with E-state index in [9.17, 15) is 0 Å². The van der Waals surface area contributed by atoms with E-state index in [-0.39, 0.29) is 0 Å². The van der Waals surface area contributed by atoms with E-state index in [4.69, 9.17) is 0 Å². The average Bonchev–Trinajstić information content (AvgIpc) is 2.77. The van der Waals surface area contributed by atoms with Gasteiger partial charge in [-0.3, -0.25) is 0 Å². The minimum atomic E-state index is 0.495. The summed E-state index contributed by atoms with van der Waals surface area (Å²) in [6, 6.07) is 0.607. The molecule has 1 aliphatic rings. The third-order valence-electron chi connectivity index (χ3n) is 4.14. The first-order valence-corrected chi connectivity index (χ1v) is 7.07. The molecule has 1 aliphatic heterocycles. The largest absolute Gasteiger partial charge is 0.314 e. The second-order valence-corrected chi connectivity index (χ2v) is 5.73. The molecule has 0 aliphatic carbocycles. The van der Waals surface area contributed by atoms with E-state index in [0.717, 1.165) is 0 Å². The maximum atomic E-state index is 3.64. The zero-order valence-corrected chi connectivity index (χ0v) is 11.7. The molecule has 1 N–H and O–H groups in total. The summed E-state index contributed by atoms with van der Waals surface area (Å²) < 4.78 is 0. The molecule has 0 aromatic heterocycles. The summed E-state index contributed by atoms with van der Waals surface area (Å²) >= 11 is 0. The second-order valence-electron chi connectivity index (χ2n) is 5.73. The van der Waals surface area contributed by atoms with Crippen molar-refractivity contribution in [2.45, 2.75) is 59.4 Å². The molecule has 0 bridgehead atoms. The van der Waals surface area contributed by atoms with Gasteiger partial charge in [-0.2, -0.15) is 0 Å². The topological polar surface area (TPSA) is 15.3 Å². The normalized spacial score (nSPS) is 18.6. The number of rotatable bonds is 7. The van der Waals surface area contributed by atoms with Crippen molar-refractivity contribution < 1.29 is 0 Å². The van der Waals surface area contributed by atoms with Gasteiger partial charge < -0.3 is 10.2 Å². The lowest BCUT2D eigenvalue weighted by Gasteiger charge is -2.36. The molecule has 0 unspecified atom stereocenters. The van der Waals surface area contributed by atoms with Crippen LogP contribution in [0.1, 0.15) is 53.4 Å². The lowest BCUT2D eigenvalue weighted by atomic mass is 9.81. The highest BCUT2D eigenvalue weighted by molar-refractivity contribution is 4.85. The quantitative estimate of drug-likeness (QED) is 0.718. The Hall–Kier alpha value is -0.0800. The van der Waals surface area contributed by atoms with Gasteiger partial charge in [0.2, 0.25) is 0 Å². The number of nitrogens with zero attached hydrogens (tertiary/aromatic N) is 1. The van der Waals surface area contributed by atoms with Crippen LogP contribution < -0.4 is 5.32 Å². The minimum Gasteiger partial charge on any atom is -0.314 e. The van der Waals surface area contributed by atoms with Gasteiger partial charge in [0.05, 0.1) is 0 Å². The van der Waals surface area contributed by atoms with Crippen LogP contribution in [-0.2, 0) is 0 Å². The highest BCUT2D eigenvalue weighted by Gasteiger charge is 2.29. The summed E-state index contributed by atoms with van der Waals surface area (Å²) in [5.41, 5.74) is 0.495. The first-order chi connectivity index (χ1) is 7.62. The van der Waals surface area contributed by atoms with Crippen LogP contribution >= 0.6 is 0 Å². The predicted molar refractivity (Wildman–Crippen MR) is 71.8 cm³/mol. The molecular formula is C14H30N2. The van der Waals surface area contributed by atoms with Gasteiger partial charge in [0.25, 0.3) is 0 Å². The highest BCUT2D eigenvalue weighted by Crippen LogP contribution is 2.28. The molecule has 0 saturated carbocycles. The van der Waals surface area contributed by atoms with E-state index in [1.165, 1.54) is 51.9 Å². The summed E-state index contributed by atoms with van der Waals surface area (Å²) in [5.74, 6) is 0. The number of hydrogen-bond acceptors (Lipinski definition) is 2. The Bertz CT molecular complexity index is 179. The van der Waals surface area contributed by atoms with Crippen LogP contribution in [0.2, 0.25) is 0 Å². The summed E-state index contributed by atoms with van der Waals surface area (Å²) in [5, 5.41) is 3.64. The monoisotopic (exact) mass is 226 g/mol. The van der Waals surface area contributed by atoms with E-state index < -0.39 is 0 Å². The van der Waals surface area contributed by atoms with Gasteiger partial charge in [0.15, 0.2) is 0 Å². The van der Waals surface area contributed by atoms with Crippen molar-refractivity contribution in [2.24, 2.45) is 5.41 Å². The summed E-state index contributed by atoms with van der Waals surface area (Å²) in [4.78, 5) is 2.66. The van der Waals surface area contributed by atoms with Crippen molar-refractivity contribution in [3.63, 3.8) is 0 Å². The Morgan fingerprint density at radius 2 is 1.69 bits per heavy atom. The number of nitrogens with one attached hydrogen (secondary N) is 1. The highest BCUT2D eigenvalue weighted by atomic mass is 15.1. The number of likely N-dealkylation sites (tertiary alicyclic amines) is 1. The van der Waals surface area contributed by atoms with Gasteiger partial charge in [0, 0.05) is 19.1 Å². The molecular weight excluding hydrogens is 196 g/mol. The van der Waals surface area contributed by atoms with Gasteiger partial charge in [-0.05, 0) is 44.2 Å². The molecule has 1 saturated heterocycles. The standard InChI is InChI=1S/C14H30N2/c1-5-14(6-2,11-15-13(3)4)12-16-9-7-8-10-16/h13,15H,5-12H2,1-4H3. The zero-order valence-electron chi connectivity index (χ0n) is 11.7. The zero-order chi connectivity index (χ0) is 12.0. The summed E-state index contributed by atoms with van der Waals surface area (Å²) in [7, 11) is 0. The van der Waals surface area contributed by atoms with Crippen LogP contribution in [0.4, 0.5) is 0 Å². The van der Waals surface area contributed by atoms with E-state index in [2.05, 4.69) is 37.9 Å². The van der Waals surface area contributed by atoms with E-state index in [0.29, 0.717) is 11.5 Å². The van der Waals surface area contributed by atoms with Crippen molar-refractivity contribution >= 4 is 0 Å². The van der Waals surface area contributed by atoms with Gasteiger partial charge in [0.1, 0.15) is 0 Å². The Labute approximate surface area is 102 Å². The Balaban J connectivity index is 2.48. The maximum Gasteiger partial charge on any atom is 0.00499 e. The fourth-order valence-electron chi connectivity index (χ4n) is 2.62. The van der Waals surface area contributed by atoms with Crippen LogP contribution in [0.5, 0.6) is 0 Å². The molecule has 0 aromatic rings. The van der Waals surface area contributed by atoms with Gasteiger partial charge in [-0.1, -0.05) is 27.7 Å². The molecule has 96 valence electrons. The summed E-state index contributed by atoms with van der Waals surface area (Å²) in [6.45, 7) is 14.3. The van der Waals surface area contributed by atoms with E-state index in [1.54, 1.807) is 0 Å². The minimum absolute atomic E-state index is 0.495. The summed E-state index contributed by atoms with van der Waals surface area (Å²) in [6.07, 6.45) is 5.39. The van der Waals surface area contributed by atoms with Gasteiger partial charge in [-0.15, -0.1) is 0 Å². The molecule has 0 amide bonds. The Kier molecular flexibility index (Phi) is 5.77. The second kappa shape index (κ2) is 6.61. The Morgan fingerprint density at radius 3 is 2.12 bits per heavy atom. The van der Waals surface area contributed by atoms with Crippen LogP contribution in [0, 0.1) is 5.41 Å². The maximum absolute atomic E-state index is 3.64. The van der Waals surface area contributed by atoms with Crippen molar-refractivity contribution in [3.8, 4) is 0 Å². The number of hydrogen-bond donors (Lipinski definition) is 1. The lowest BCUT2D eigenvalue weighted by molar-refractivity contribution is 0.151. The van der Waals surface area contributed by atoms with Crippen LogP contribution in [0.25, 0.3) is 0 Å². The van der Waals surface area contributed by atoms with Crippen molar-refractivity contribution in [3.05, 3.63) is 0 Å². The molecule has 0 atom stereocenters. The lowest BCUT2D eigenvalue weighted by Crippen LogP contribution is -2.44. The van der Waals surface area contributed by atoms with Gasteiger partial charge in [-0.25, -0.2) is 0 Å². The van der Waals surface area contributed by atoms with Crippen LogP contribution in [-0.4, -0.2) is 37.1 Å². The molecule has 2 heteroatoms. The first-order valence-electron chi connectivity index (χ1n) is 7.07. The van der Waals surface area contributed by atoms with E-state index in [1.807, 2.05) is 0 Å². The van der Waals surface area contributed by atoms with Gasteiger partial charge >= 0.3 is 0 Å². The SMILES string of the molecule is CCC(CC)(CNC(C)C)CN1CCCC1. The van der Waals surface area contributed by atoms with Crippen molar-refractivity contribution in [1.29, 1.82) is 0 Å². The molecule has 0 radical (unpaired) electrons. The molecule has 1 fully saturated rings. The Morgan fingerprint density at radius 1 is 1.12 bits per heavy atom. The molecule has 1 heterocycles. The van der Waals surface area contributed by atoms with Crippen LogP contribution in [0.15, 0.2) is 0 Å². The third kappa shape index (κ3) is 4.06. The third-order valence-corrected chi connectivity index (χ3v) is 4.14. The molecule has 0 aromatic carbocycles. The first kappa shape index (κ1) is 14.0. The fourth-order valence-corrected chi connectivity index (χ4v) is 2.62. The van der Waals surface area contributed by atoms with Crippen molar-refractivity contribution in [2.75, 3.05) is 26.2 Å². The average molecular weight is 226 g/mol. The van der Waals surface area contributed by atoms with Crippen LogP contribution in [0.3, 0.4) is 0 Å². The van der Waals surface area contributed by atoms with E-state index >= 15 is 0 Å². The molecule has 1 rings (SSSR count). The van der Waals surface area contributed by atoms with Crippen molar-refractivity contribution in [1.82, 2.24) is 10.2 Å². The predicted octanol–water partition coefficient (Wildman–Crippen LogP) is 2.89. The molecule has 16 heavy (non-hydrogen) atoms. The smallest absolute Gasteiger partial charge is 0.00499 e.